The molecule has 2 heterocycles. The summed E-state index contributed by atoms with van der Waals surface area (Å²) in [4.78, 5) is 5.02. The SMILES string of the molecule is COc1cncc(C(C)(O)c2sccc2C)c1. The zero-order chi connectivity index (χ0) is 12.5. The van der Waals surface area contributed by atoms with Crippen molar-refractivity contribution in [3.8, 4) is 5.75 Å². The maximum atomic E-state index is 10.7. The van der Waals surface area contributed by atoms with Crippen molar-refractivity contribution in [2.45, 2.75) is 19.4 Å². The van der Waals surface area contributed by atoms with E-state index in [0.29, 0.717) is 5.75 Å². The normalized spacial score (nSPS) is 14.4. The number of hydrogen-bond acceptors (Lipinski definition) is 4. The topological polar surface area (TPSA) is 42.4 Å². The Morgan fingerprint density at radius 3 is 2.76 bits per heavy atom. The monoisotopic (exact) mass is 249 g/mol. The average molecular weight is 249 g/mol. The van der Waals surface area contributed by atoms with Crippen LogP contribution in [-0.4, -0.2) is 17.2 Å². The number of ether oxygens (including phenoxy) is 1. The summed E-state index contributed by atoms with van der Waals surface area (Å²) in [6.45, 7) is 3.77. The van der Waals surface area contributed by atoms with Gasteiger partial charge in [-0.2, -0.15) is 0 Å². The third-order valence-electron chi connectivity index (χ3n) is 2.82. The highest BCUT2D eigenvalue weighted by atomic mass is 32.1. The van der Waals surface area contributed by atoms with Crippen LogP contribution < -0.4 is 4.74 Å². The summed E-state index contributed by atoms with van der Waals surface area (Å²) in [5.41, 5.74) is 0.796. The van der Waals surface area contributed by atoms with E-state index >= 15 is 0 Å². The smallest absolute Gasteiger partial charge is 0.137 e. The molecule has 0 spiro atoms. The fraction of sp³-hybridized carbons (Fsp3) is 0.308. The molecule has 17 heavy (non-hydrogen) atoms. The van der Waals surface area contributed by atoms with Crippen molar-refractivity contribution in [2.75, 3.05) is 7.11 Å². The summed E-state index contributed by atoms with van der Waals surface area (Å²) >= 11 is 1.55. The van der Waals surface area contributed by atoms with Gasteiger partial charge in [0, 0.05) is 16.6 Å². The van der Waals surface area contributed by atoms with Gasteiger partial charge in [-0.15, -0.1) is 11.3 Å². The van der Waals surface area contributed by atoms with Crippen LogP contribution in [0.1, 0.15) is 22.9 Å². The quantitative estimate of drug-likeness (QED) is 0.909. The van der Waals surface area contributed by atoms with E-state index in [9.17, 15) is 5.11 Å². The first-order valence-corrected chi connectivity index (χ1v) is 6.20. The molecule has 1 N–H and O–H groups in total. The van der Waals surface area contributed by atoms with Crippen LogP contribution >= 0.6 is 11.3 Å². The molecule has 0 fully saturated rings. The molecule has 3 nitrogen and oxygen atoms in total. The highest BCUT2D eigenvalue weighted by molar-refractivity contribution is 7.10. The summed E-state index contributed by atoms with van der Waals surface area (Å²) in [7, 11) is 1.59. The molecule has 2 aromatic rings. The summed E-state index contributed by atoms with van der Waals surface area (Å²) < 4.78 is 5.13. The number of aliphatic hydroxyl groups is 1. The number of aryl methyl sites for hydroxylation is 1. The van der Waals surface area contributed by atoms with Crippen LogP contribution in [0.5, 0.6) is 5.75 Å². The molecule has 0 aliphatic carbocycles. The standard InChI is InChI=1S/C13H15NO2S/c1-9-4-5-17-12(9)13(2,15)10-6-11(16-3)8-14-7-10/h4-8,15H,1-3H3. The van der Waals surface area contributed by atoms with Crippen molar-refractivity contribution in [3.05, 3.63) is 45.9 Å². The molecule has 0 aliphatic heterocycles. The minimum atomic E-state index is -1.03. The van der Waals surface area contributed by atoms with Crippen molar-refractivity contribution >= 4 is 11.3 Å². The fourth-order valence-electron chi connectivity index (χ4n) is 1.80. The first-order chi connectivity index (χ1) is 8.05. The average Bonchev–Trinajstić information content (AvgIpc) is 2.76. The Morgan fingerprint density at radius 1 is 1.41 bits per heavy atom. The van der Waals surface area contributed by atoms with Gasteiger partial charge in [0.05, 0.1) is 13.3 Å². The predicted octanol–water partition coefficient (Wildman–Crippen LogP) is 2.72. The minimum Gasteiger partial charge on any atom is -0.495 e. The summed E-state index contributed by atoms with van der Waals surface area (Å²) in [6.07, 6.45) is 3.29. The Hall–Kier alpha value is -1.39. The molecule has 0 aliphatic rings. The van der Waals surface area contributed by atoms with E-state index in [0.717, 1.165) is 16.0 Å². The second-order valence-electron chi connectivity index (χ2n) is 4.12. The van der Waals surface area contributed by atoms with E-state index in [4.69, 9.17) is 4.74 Å². The third-order valence-corrected chi connectivity index (χ3v) is 4.04. The molecule has 2 rings (SSSR count). The zero-order valence-electron chi connectivity index (χ0n) is 10.1. The van der Waals surface area contributed by atoms with Crippen molar-refractivity contribution in [1.82, 2.24) is 4.98 Å². The Labute approximate surface area is 105 Å². The van der Waals surface area contributed by atoms with Crippen LogP contribution in [0.2, 0.25) is 0 Å². The zero-order valence-corrected chi connectivity index (χ0v) is 10.9. The lowest BCUT2D eigenvalue weighted by molar-refractivity contribution is 0.105. The predicted molar refractivity (Wildman–Crippen MR) is 68.5 cm³/mol. The highest BCUT2D eigenvalue weighted by Gasteiger charge is 2.29. The Bertz CT molecular complexity index is 520. The molecule has 1 unspecified atom stereocenters. The maximum absolute atomic E-state index is 10.7. The molecular formula is C13H15NO2S. The molecule has 0 bridgehead atoms. The lowest BCUT2D eigenvalue weighted by atomic mass is 9.94. The van der Waals surface area contributed by atoms with E-state index in [1.54, 1.807) is 37.8 Å². The van der Waals surface area contributed by atoms with Gasteiger partial charge < -0.3 is 9.84 Å². The molecule has 4 heteroatoms. The van der Waals surface area contributed by atoms with E-state index < -0.39 is 5.60 Å². The number of nitrogens with zero attached hydrogens (tertiary/aromatic N) is 1. The van der Waals surface area contributed by atoms with Crippen molar-refractivity contribution in [3.63, 3.8) is 0 Å². The lowest BCUT2D eigenvalue weighted by Gasteiger charge is -2.23. The lowest BCUT2D eigenvalue weighted by Crippen LogP contribution is -2.22. The molecule has 90 valence electrons. The second-order valence-corrected chi connectivity index (χ2v) is 5.03. The summed E-state index contributed by atoms with van der Waals surface area (Å²) in [5, 5.41) is 12.6. The van der Waals surface area contributed by atoms with Crippen LogP contribution in [0.3, 0.4) is 0 Å². The second kappa shape index (κ2) is 4.47. The maximum Gasteiger partial charge on any atom is 0.137 e. The van der Waals surface area contributed by atoms with Crippen molar-refractivity contribution in [2.24, 2.45) is 0 Å². The van der Waals surface area contributed by atoms with Crippen LogP contribution in [0.25, 0.3) is 0 Å². The Morgan fingerprint density at radius 2 is 2.18 bits per heavy atom. The van der Waals surface area contributed by atoms with Crippen LogP contribution in [-0.2, 0) is 5.60 Å². The summed E-state index contributed by atoms with van der Waals surface area (Å²) in [6, 6.07) is 3.81. The van der Waals surface area contributed by atoms with Crippen LogP contribution in [0, 0.1) is 6.92 Å². The number of hydrogen-bond donors (Lipinski definition) is 1. The van der Waals surface area contributed by atoms with Gasteiger partial charge in [-0.3, -0.25) is 4.98 Å². The van der Waals surface area contributed by atoms with E-state index in [1.165, 1.54) is 0 Å². The van der Waals surface area contributed by atoms with Gasteiger partial charge in [0.15, 0.2) is 0 Å². The Kier molecular flexibility index (Phi) is 3.17. The van der Waals surface area contributed by atoms with Crippen LogP contribution in [0.15, 0.2) is 29.9 Å². The van der Waals surface area contributed by atoms with E-state index in [1.807, 2.05) is 24.4 Å². The van der Waals surface area contributed by atoms with Crippen LogP contribution in [0.4, 0.5) is 0 Å². The highest BCUT2D eigenvalue weighted by Crippen LogP contribution is 2.35. The molecule has 2 aromatic heterocycles. The Balaban J connectivity index is 2.47. The van der Waals surface area contributed by atoms with Gasteiger partial charge in [0.25, 0.3) is 0 Å². The van der Waals surface area contributed by atoms with E-state index in [2.05, 4.69) is 4.98 Å². The van der Waals surface area contributed by atoms with Gasteiger partial charge >= 0.3 is 0 Å². The molecule has 0 saturated heterocycles. The molecular weight excluding hydrogens is 234 g/mol. The number of aromatic nitrogens is 1. The fourth-order valence-corrected chi connectivity index (χ4v) is 2.81. The number of thiophene rings is 1. The van der Waals surface area contributed by atoms with Gasteiger partial charge in [-0.25, -0.2) is 0 Å². The van der Waals surface area contributed by atoms with Gasteiger partial charge in [-0.05, 0) is 36.9 Å². The largest absolute Gasteiger partial charge is 0.495 e. The minimum absolute atomic E-state index is 0.650. The van der Waals surface area contributed by atoms with Crippen molar-refractivity contribution < 1.29 is 9.84 Å². The summed E-state index contributed by atoms with van der Waals surface area (Å²) in [5.74, 6) is 0.650. The molecule has 1 atom stereocenters. The third kappa shape index (κ3) is 2.18. The first kappa shape index (κ1) is 12.1. The van der Waals surface area contributed by atoms with Gasteiger partial charge in [0.2, 0.25) is 0 Å². The van der Waals surface area contributed by atoms with Crippen molar-refractivity contribution in [1.29, 1.82) is 0 Å². The molecule has 0 aromatic carbocycles. The molecule has 0 saturated carbocycles. The molecule has 0 radical (unpaired) electrons. The first-order valence-electron chi connectivity index (χ1n) is 5.32. The van der Waals surface area contributed by atoms with E-state index in [-0.39, 0.29) is 0 Å². The molecule has 0 amide bonds. The number of methoxy groups -OCH3 is 1. The number of pyridine rings is 1. The van der Waals surface area contributed by atoms with Gasteiger partial charge in [-0.1, -0.05) is 0 Å². The van der Waals surface area contributed by atoms with Gasteiger partial charge in [0.1, 0.15) is 11.4 Å². The number of rotatable bonds is 3.